The number of methoxy groups -OCH3 is 1. The molecule has 1 amide bonds. The highest BCUT2D eigenvalue weighted by molar-refractivity contribution is 7.90. The molecule has 0 radical (unpaired) electrons. The Labute approximate surface area is 172 Å². The first-order valence-electron chi connectivity index (χ1n) is 8.67. The smallest absolute Gasteiger partial charge is 0.325 e. The standard InChI is InChI=1S/C20H20N2O5S2/c1-12-9-15-16(10-13(12)2)28-20(22(15)11-18(23)27-3)21-19(24)14-7-5-6-8-17(14)29(4,25)26/h5-10H,11H2,1-4H3. The summed E-state index contributed by atoms with van der Waals surface area (Å²) in [6, 6.07) is 9.83. The Morgan fingerprint density at radius 2 is 1.79 bits per heavy atom. The lowest BCUT2D eigenvalue weighted by atomic mass is 10.1. The number of esters is 1. The topological polar surface area (TPSA) is 94.8 Å². The van der Waals surface area contributed by atoms with Gasteiger partial charge >= 0.3 is 5.97 Å². The number of carbonyl (C=O) groups is 2. The Hall–Kier alpha value is -2.78. The number of aryl methyl sites for hydroxylation is 2. The van der Waals surface area contributed by atoms with E-state index < -0.39 is 21.7 Å². The van der Waals surface area contributed by atoms with Gasteiger partial charge in [-0.3, -0.25) is 9.59 Å². The van der Waals surface area contributed by atoms with E-state index in [4.69, 9.17) is 4.74 Å². The summed E-state index contributed by atoms with van der Waals surface area (Å²) >= 11 is 1.25. The van der Waals surface area contributed by atoms with Gasteiger partial charge in [-0.1, -0.05) is 23.5 Å². The summed E-state index contributed by atoms with van der Waals surface area (Å²) in [6.07, 6.45) is 1.04. The number of sulfone groups is 1. The number of thiazole rings is 1. The SMILES string of the molecule is COC(=O)Cn1c(=NC(=O)c2ccccc2S(C)(=O)=O)sc2cc(C)c(C)cc21. The third-order valence-electron chi connectivity index (χ3n) is 4.53. The minimum atomic E-state index is -3.60. The fourth-order valence-electron chi connectivity index (χ4n) is 2.87. The molecule has 7 nitrogen and oxygen atoms in total. The fourth-order valence-corrected chi connectivity index (χ4v) is 4.86. The first-order chi connectivity index (χ1) is 13.6. The van der Waals surface area contributed by atoms with Crippen molar-refractivity contribution in [3.05, 3.63) is 57.9 Å². The van der Waals surface area contributed by atoms with Gasteiger partial charge in [0, 0.05) is 6.26 Å². The second-order valence-corrected chi connectivity index (χ2v) is 9.63. The normalized spacial score (nSPS) is 12.3. The van der Waals surface area contributed by atoms with E-state index in [9.17, 15) is 18.0 Å². The number of hydrogen-bond acceptors (Lipinski definition) is 6. The molecule has 0 aliphatic carbocycles. The van der Waals surface area contributed by atoms with Crippen LogP contribution in [0.25, 0.3) is 10.2 Å². The van der Waals surface area contributed by atoms with Crippen LogP contribution in [0.1, 0.15) is 21.5 Å². The summed E-state index contributed by atoms with van der Waals surface area (Å²) in [5, 5.41) is 0. The van der Waals surface area contributed by atoms with Crippen LogP contribution >= 0.6 is 11.3 Å². The van der Waals surface area contributed by atoms with Crippen molar-refractivity contribution in [3.63, 3.8) is 0 Å². The third kappa shape index (κ3) is 4.30. The zero-order chi connectivity index (χ0) is 21.3. The molecule has 0 saturated carbocycles. The Morgan fingerprint density at radius 3 is 2.45 bits per heavy atom. The van der Waals surface area contributed by atoms with Crippen LogP contribution in [-0.4, -0.2) is 38.2 Å². The second-order valence-electron chi connectivity index (χ2n) is 6.64. The van der Waals surface area contributed by atoms with Gasteiger partial charge in [0.25, 0.3) is 5.91 Å². The highest BCUT2D eigenvalue weighted by atomic mass is 32.2. The number of amides is 1. The van der Waals surface area contributed by atoms with Gasteiger partial charge in [-0.15, -0.1) is 0 Å². The van der Waals surface area contributed by atoms with Gasteiger partial charge in [-0.2, -0.15) is 4.99 Å². The number of aromatic nitrogens is 1. The number of carbonyl (C=O) groups excluding carboxylic acids is 2. The number of rotatable bonds is 4. The largest absolute Gasteiger partial charge is 0.468 e. The van der Waals surface area contributed by atoms with Crippen molar-refractivity contribution in [2.45, 2.75) is 25.3 Å². The monoisotopic (exact) mass is 432 g/mol. The lowest BCUT2D eigenvalue weighted by Crippen LogP contribution is -2.22. The molecule has 2 aromatic carbocycles. The molecule has 3 aromatic rings. The predicted octanol–water partition coefficient (Wildman–Crippen LogP) is 2.64. The van der Waals surface area contributed by atoms with Gasteiger partial charge < -0.3 is 9.30 Å². The molecule has 0 aliphatic heterocycles. The highest BCUT2D eigenvalue weighted by Crippen LogP contribution is 2.22. The molecule has 9 heteroatoms. The molecule has 3 rings (SSSR count). The molecule has 0 spiro atoms. The summed E-state index contributed by atoms with van der Waals surface area (Å²) in [5.41, 5.74) is 2.86. The summed E-state index contributed by atoms with van der Waals surface area (Å²) in [5.74, 6) is -1.17. The van der Waals surface area contributed by atoms with E-state index in [1.165, 1.54) is 30.6 Å². The molecular weight excluding hydrogens is 412 g/mol. The number of nitrogens with zero attached hydrogens (tertiary/aromatic N) is 2. The summed E-state index contributed by atoms with van der Waals surface area (Å²) in [6.45, 7) is 3.82. The van der Waals surface area contributed by atoms with Gasteiger partial charge in [0.05, 0.1) is 27.8 Å². The van der Waals surface area contributed by atoms with Crippen LogP contribution in [-0.2, 0) is 25.9 Å². The lowest BCUT2D eigenvalue weighted by molar-refractivity contribution is -0.141. The van der Waals surface area contributed by atoms with Crippen molar-refractivity contribution in [1.82, 2.24) is 4.57 Å². The average Bonchev–Trinajstić information content (AvgIpc) is 2.97. The van der Waals surface area contributed by atoms with Gasteiger partial charge in [0.15, 0.2) is 14.6 Å². The quantitative estimate of drug-likeness (QED) is 0.591. The summed E-state index contributed by atoms with van der Waals surface area (Å²) in [4.78, 5) is 29.1. The molecule has 0 bridgehead atoms. The molecular formula is C20H20N2O5S2. The maximum Gasteiger partial charge on any atom is 0.325 e. The van der Waals surface area contributed by atoms with Crippen molar-refractivity contribution in [1.29, 1.82) is 0 Å². The van der Waals surface area contributed by atoms with Crippen molar-refractivity contribution in [2.24, 2.45) is 4.99 Å². The van der Waals surface area contributed by atoms with Crippen molar-refractivity contribution >= 4 is 43.3 Å². The molecule has 1 aromatic heterocycles. The Bertz CT molecular complexity index is 1300. The van der Waals surface area contributed by atoms with Crippen LogP contribution in [0, 0.1) is 13.8 Å². The lowest BCUT2D eigenvalue weighted by Gasteiger charge is -2.06. The maximum atomic E-state index is 12.8. The first kappa shape index (κ1) is 20.9. The Balaban J connectivity index is 2.24. The van der Waals surface area contributed by atoms with Crippen LogP contribution < -0.4 is 4.80 Å². The second kappa shape index (κ2) is 7.92. The molecule has 29 heavy (non-hydrogen) atoms. The molecule has 0 unspecified atom stereocenters. The number of fused-ring (bicyclic) bond motifs is 1. The average molecular weight is 433 g/mol. The van der Waals surface area contributed by atoms with Gasteiger partial charge in [0.2, 0.25) is 0 Å². The van der Waals surface area contributed by atoms with Crippen LogP contribution in [0.5, 0.6) is 0 Å². The highest BCUT2D eigenvalue weighted by Gasteiger charge is 2.19. The minimum Gasteiger partial charge on any atom is -0.468 e. The molecule has 1 heterocycles. The molecule has 0 atom stereocenters. The predicted molar refractivity (Wildman–Crippen MR) is 111 cm³/mol. The number of benzene rings is 2. The van der Waals surface area contributed by atoms with Gasteiger partial charge in [-0.25, -0.2) is 8.42 Å². The van der Waals surface area contributed by atoms with E-state index in [-0.39, 0.29) is 17.0 Å². The van der Waals surface area contributed by atoms with Crippen molar-refractivity contribution < 1.29 is 22.7 Å². The number of ether oxygens (including phenoxy) is 1. The molecule has 0 N–H and O–H groups in total. The summed E-state index contributed by atoms with van der Waals surface area (Å²) < 4.78 is 31.3. The van der Waals surface area contributed by atoms with E-state index in [0.717, 1.165) is 27.6 Å². The van der Waals surface area contributed by atoms with Gasteiger partial charge in [0.1, 0.15) is 6.54 Å². The van der Waals surface area contributed by atoms with Crippen LogP contribution in [0.4, 0.5) is 0 Å². The molecule has 0 aliphatic rings. The van der Waals surface area contributed by atoms with Crippen LogP contribution in [0.15, 0.2) is 46.3 Å². The van der Waals surface area contributed by atoms with Crippen molar-refractivity contribution in [3.8, 4) is 0 Å². The van der Waals surface area contributed by atoms with E-state index >= 15 is 0 Å². The molecule has 152 valence electrons. The first-order valence-corrected chi connectivity index (χ1v) is 11.4. The zero-order valence-electron chi connectivity index (χ0n) is 16.4. The van der Waals surface area contributed by atoms with Crippen molar-refractivity contribution in [2.75, 3.05) is 13.4 Å². The third-order valence-corrected chi connectivity index (χ3v) is 6.72. The van der Waals surface area contributed by atoms with E-state index in [1.807, 2.05) is 26.0 Å². The van der Waals surface area contributed by atoms with Crippen LogP contribution in [0.3, 0.4) is 0 Å². The molecule has 0 fully saturated rings. The van der Waals surface area contributed by atoms with E-state index in [0.29, 0.717) is 4.80 Å². The van der Waals surface area contributed by atoms with Gasteiger partial charge in [-0.05, 0) is 49.2 Å². The number of hydrogen-bond donors (Lipinski definition) is 0. The maximum absolute atomic E-state index is 12.8. The molecule has 0 saturated heterocycles. The fraction of sp³-hybridized carbons (Fsp3) is 0.250. The Morgan fingerprint density at radius 1 is 1.14 bits per heavy atom. The zero-order valence-corrected chi connectivity index (χ0v) is 18.1. The van der Waals surface area contributed by atoms with E-state index in [2.05, 4.69) is 4.99 Å². The summed E-state index contributed by atoms with van der Waals surface area (Å²) in [7, 11) is -2.31. The van der Waals surface area contributed by atoms with Crippen LogP contribution in [0.2, 0.25) is 0 Å². The minimum absolute atomic E-state index is 0.00978. The Kier molecular flexibility index (Phi) is 5.72. The van der Waals surface area contributed by atoms with E-state index in [1.54, 1.807) is 16.7 Å².